The minimum atomic E-state index is 0.00993. The van der Waals surface area contributed by atoms with Gasteiger partial charge in [0.15, 0.2) is 0 Å². The van der Waals surface area contributed by atoms with Gasteiger partial charge in [-0.05, 0) is 45.9 Å². The number of aryl methyl sites for hydroxylation is 1. The minimum Gasteiger partial charge on any atom is -0.491 e. The summed E-state index contributed by atoms with van der Waals surface area (Å²) in [5, 5.41) is 6.17. The number of ether oxygens (including phenoxy) is 1. The van der Waals surface area contributed by atoms with E-state index in [2.05, 4.69) is 22.5 Å². The van der Waals surface area contributed by atoms with Gasteiger partial charge in [0, 0.05) is 18.3 Å². The Morgan fingerprint density at radius 3 is 2.81 bits per heavy atom. The van der Waals surface area contributed by atoms with E-state index < -0.39 is 0 Å². The van der Waals surface area contributed by atoms with Gasteiger partial charge in [-0.15, -0.1) is 0 Å². The summed E-state index contributed by atoms with van der Waals surface area (Å²) in [6.45, 7) is 9.98. The molecule has 0 radical (unpaired) electrons. The zero-order chi connectivity index (χ0) is 15.7. The molecule has 1 rings (SSSR count). The summed E-state index contributed by atoms with van der Waals surface area (Å²) in [7, 11) is 0. The van der Waals surface area contributed by atoms with Gasteiger partial charge >= 0.3 is 0 Å². The van der Waals surface area contributed by atoms with Crippen molar-refractivity contribution < 1.29 is 9.53 Å². The van der Waals surface area contributed by atoms with Crippen LogP contribution in [-0.2, 0) is 11.3 Å². The van der Waals surface area contributed by atoms with Crippen molar-refractivity contribution in [2.75, 3.05) is 13.2 Å². The first-order chi connectivity index (χ1) is 10.0. The van der Waals surface area contributed by atoms with E-state index in [1.807, 2.05) is 32.9 Å². The Morgan fingerprint density at radius 1 is 1.38 bits per heavy atom. The van der Waals surface area contributed by atoms with Crippen molar-refractivity contribution in [1.82, 2.24) is 15.6 Å². The molecule has 0 fully saturated rings. The summed E-state index contributed by atoms with van der Waals surface area (Å²) in [4.78, 5) is 16.1. The average molecular weight is 293 g/mol. The molecule has 0 bridgehead atoms. The fraction of sp³-hybridized carbons (Fsp3) is 0.625. The number of aromatic nitrogens is 1. The third-order valence-electron chi connectivity index (χ3n) is 2.83. The third kappa shape index (κ3) is 7.09. The molecule has 118 valence electrons. The van der Waals surface area contributed by atoms with Gasteiger partial charge in [-0.1, -0.05) is 6.92 Å². The number of nitrogens with one attached hydrogen (secondary N) is 2. The lowest BCUT2D eigenvalue weighted by Gasteiger charge is -2.13. The molecule has 1 aromatic rings. The summed E-state index contributed by atoms with van der Waals surface area (Å²) in [5.41, 5.74) is 1.86. The van der Waals surface area contributed by atoms with Crippen molar-refractivity contribution in [3.8, 4) is 5.75 Å². The average Bonchev–Trinajstić information content (AvgIpc) is 2.40. The molecule has 1 heterocycles. The topological polar surface area (TPSA) is 63.3 Å². The third-order valence-corrected chi connectivity index (χ3v) is 2.83. The van der Waals surface area contributed by atoms with Crippen LogP contribution < -0.4 is 15.4 Å². The highest BCUT2D eigenvalue weighted by Crippen LogP contribution is 2.17. The van der Waals surface area contributed by atoms with E-state index in [4.69, 9.17) is 4.74 Å². The second kappa shape index (κ2) is 9.34. The molecule has 0 aromatic carbocycles. The van der Waals surface area contributed by atoms with E-state index in [1.54, 1.807) is 0 Å². The van der Waals surface area contributed by atoms with Gasteiger partial charge in [0.1, 0.15) is 5.75 Å². The largest absolute Gasteiger partial charge is 0.491 e. The highest BCUT2D eigenvalue weighted by molar-refractivity contribution is 5.76. The predicted molar refractivity (Wildman–Crippen MR) is 84.4 cm³/mol. The second-order valence-corrected chi connectivity index (χ2v) is 5.39. The van der Waals surface area contributed by atoms with Crippen molar-refractivity contribution in [2.45, 2.75) is 53.1 Å². The number of amides is 1. The maximum Gasteiger partial charge on any atom is 0.223 e. The number of nitrogens with zero attached hydrogens (tertiary/aromatic N) is 1. The first-order valence-corrected chi connectivity index (χ1v) is 7.62. The van der Waals surface area contributed by atoms with Crippen molar-refractivity contribution in [3.05, 3.63) is 23.5 Å². The normalized spacial score (nSPS) is 10.7. The van der Waals surface area contributed by atoms with Crippen LogP contribution in [0.4, 0.5) is 0 Å². The lowest BCUT2D eigenvalue weighted by molar-refractivity contribution is -0.122. The lowest BCUT2D eigenvalue weighted by Crippen LogP contribution is -2.31. The van der Waals surface area contributed by atoms with Crippen LogP contribution in [0.15, 0.2) is 12.1 Å². The lowest BCUT2D eigenvalue weighted by atomic mass is 10.2. The zero-order valence-electron chi connectivity index (χ0n) is 13.5. The van der Waals surface area contributed by atoms with Crippen molar-refractivity contribution >= 4 is 5.91 Å². The minimum absolute atomic E-state index is 0.00993. The van der Waals surface area contributed by atoms with Crippen LogP contribution in [0.1, 0.15) is 45.0 Å². The Morgan fingerprint density at radius 2 is 2.14 bits per heavy atom. The molecule has 0 aliphatic carbocycles. The summed E-state index contributed by atoms with van der Waals surface area (Å²) in [5.74, 6) is 0.761. The number of carbonyl (C=O) groups is 1. The van der Waals surface area contributed by atoms with E-state index >= 15 is 0 Å². The second-order valence-electron chi connectivity index (χ2n) is 5.39. The Labute approximate surface area is 127 Å². The first-order valence-electron chi connectivity index (χ1n) is 7.62. The number of pyridine rings is 1. The molecular weight excluding hydrogens is 266 g/mol. The maximum absolute atomic E-state index is 11.6. The van der Waals surface area contributed by atoms with Crippen molar-refractivity contribution in [3.63, 3.8) is 0 Å². The fourth-order valence-electron chi connectivity index (χ4n) is 1.89. The molecule has 0 spiro atoms. The Bertz CT molecular complexity index is 447. The van der Waals surface area contributed by atoms with E-state index in [-0.39, 0.29) is 11.9 Å². The van der Waals surface area contributed by atoms with Gasteiger partial charge < -0.3 is 15.4 Å². The molecular formula is C16H27N3O2. The molecule has 5 heteroatoms. The Hall–Kier alpha value is -1.62. The van der Waals surface area contributed by atoms with Gasteiger partial charge in [-0.25, -0.2) is 0 Å². The monoisotopic (exact) mass is 293 g/mol. The van der Waals surface area contributed by atoms with Crippen molar-refractivity contribution in [2.24, 2.45) is 0 Å². The smallest absolute Gasteiger partial charge is 0.223 e. The van der Waals surface area contributed by atoms with Gasteiger partial charge in [0.05, 0.1) is 18.7 Å². The highest BCUT2D eigenvalue weighted by Gasteiger charge is 2.08. The van der Waals surface area contributed by atoms with E-state index in [9.17, 15) is 4.79 Å². The predicted octanol–water partition coefficient (Wildman–Crippen LogP) is 2.18. The first kappa shape index (κ1) is 17.4. The van der Waals surface area contributed by atoms with Crippen LogP contribution in [0, 0.1) is 6.92 Å². The summed E-state index contributed by atoms with van der Waals surface area (Å²) < 4.78 is 5.71. The molecule has 1 aromatic heterocycles. The molecule has 0 unspecified atom stereocenters. The maximum atomic E-state index is 11.6. The molecule has 2 N–H and O–H groups in total. The van der Waals surface area contributed by atoms with Crippen LogP contribution in [0.5, 0.6) is 5.75 Å². The molecule has 5 nitrogen and oxygen atoms in total. The van der Waals surface area contributed by atoms with Gasteiger partial charge in [0.25, 0.3) is 0 Å². The molecule has 0 atom stereocenters. The Kier molecular flexibility index (Phi) is 7.75. The number of hydrogen-bond donors (Lipinski definition) is 2. The molecule has 0 saturated heterocycles. The summed E-state index contributed by atoms with van der Waals surface area (Å²) in [6, 6.07) is 4.01. The molecule has 0 aliphatic rings. The Balaban J connectivity index is 2.51. The van der Waals surface area contributed by atoms with Gasteiger partial charge in [-0.3, -0.25) is 9.78 Å². The van der Waals surface area contributed by atoms with Crippen LogP contribution in [-0.4, -0.2) is 30.1 Å². The van der Waals surface area contributed by atoms with Crippen LogP contribution in [0.25, 0.3) is 0 Å². The van der Waals surface area contributed by atoms with E-state index in [0.29, 0.717) is 19.6 Å². The molecule has 21 heavy (non-hydrogen) atoms. The highest BCUT2D eigenvalue weighted by atomic mass is 16.5. The van der Waals surface area contributed by atoms with Gasteiger partial charge in [-0.2, -0.15) is 0 Å². The molecule has 0 aliphatic heterocycles. The van der Waals surface area contributed by atoms with Gasteiger partial charge in [0.2, 0.25) is 5.91 Å². The number of rotatable bonds is 9. The van der Waals surface area contributed by atoms with Crippen molar-refractivity contribution in [1.29, 1.82) is 0 Å². The fourth-order valence-corrected chi connectivity index (χ4v) is 1.89. The standard InChI is InChI=1S/C16H27N3O2/c1-5-9-17-11-14-15(7-6-13(4)19-14)21-10-8-16(20)18-12(2)3/h6-7,12,17H,5,8-11H2,1-4H3,(H,18,20). The van der Waals surface area contributed by atoms with Crippen LogP contribution in [0.3, 0.4) is 0 Å². The molecule has 1 amide bonds. The quantitative estimate of drug-likeness (QED) is 0.685. The van der Waals surface area contributed by atoms with Crippen LogP contribution in [0.2, 0.25) is 0 Å². The summed E-state index contributed by atoms with van der Waals surface area (Å²) in [6.07, 6.45) is 1.44. The van der Waals surface area contributed by atoms with E-state index in [0.717, 1.165) is 30.1 Å². The number of hydrogen-bond acceptors (Lipinski definition) is 4. The molecule has 0 saturated carbocycles. The zero-order valence-corrected chi connectivity index (χ0v) is 13.5. The van der Waals surface area contributed by atoms with Crippen LogP contribution >= 0.6 is 0 Å². The number of carbonyl (C=O) groups excluding carboxylic acids is 1. The SMILES string of the molecule is CCCNCc1nc(C)ccc1OCCC(=O)NC(C)C. The van der Waals surface area contributed by atoms with E-state index in [1.165, 1.54) is 0 Å². The summed E-state index contributed by atoms with van der Waals surface area (Å²) >= 11 is 0.